The Balaban J connectivity index is 1.66. The van der Waals surface area contributed by atoms with Crippen molar-refractivity contribution in [3.05, 3.63) is 30.0 Å². The summed E-state index contributed by atoms with van der Waals surface area (Å²) in [5.41, 5.74) is 0.517. The summed E-state index contributed by atoms with van der Waals surface area (Å²) >= 11 is 0. The molecule has 2 bridgehead atoms. The van der Waals surface area contributed by atoms with Gasteiger partial charge >= 0.3 is 5.97 Å². The lowest BCUT2D eigenvalue weighted by Crippen LogP contribution is -2.27. The zero-order chi connectivity index (χ0) is 14.8. The predicted molar refractivity (Wildman–Crippen MR) is 78.5 cm³/mol. The predicted octanol–water partition coefficient (Wildman–Crippen LogP) is 2.55. The largest absolute Gasteiger partial charge is 0.478 e. The van der Waals surface area contributed by atoms with Gasteiger partial charge in [0.1, 0.15) is 5.82 Å². The molecule has 0 aliphatic heterocycles. The molecule has 2 aliphatic rings. The number of anilines is 1. The van der Waals surface area contributed by atoms with E-state index in [0.29, 0.717) is 17.4 Å². The van der Waals surface area contributed by atoms with Gasteiger partial charge in [0.2, 0.25) is 5.91 Å². The lowest BCUT2D eigenvalue weighted by atomic mass is 9.88. The van der Waals surface area contributed by atoms with Gasteiger partial charge in [-0.25, -0.2) is 9.78 Å². The minimum Gasteiger partial charge on any atom is -0.478 e. The van der Waals surface area contributed by atoms with Crippen LogP contribution in [-0.2, 0) is 9.59 Å². The summed E-state index contributed by atoms with van der Waals surface area (Å²) in [4.78, 5) is 27.1. The highest BCUT2D eigenvalue weighted by atomic mass is 16.4. The molecule has 2 N–H and O–H groups in total. The minimum absolute atomic E-state index is 0.0501. The Morgan fingerprint density at radius 1 is 1.29 bits per heavy atom. The second-order valence-corrected chi connectivity index (χ2v) is 5.89. The van der Waals surface area contributed by atoms with Crippen molar-refractivity contribution in [2.75, 3.05) is 5.32 Å². The number of hydrogen-bond donors (Lipinski definition) is 2. The SMILES string of the molecule is O=C(O)C=Cc1cccc(NC(=O)C2CC3CCC2C3)n1. The number of aromatic nitrogens is 1. The first-order valence-electron chi connectivity index (χ1n) is 7.31. The molecule has 3 atom stereocenters. The molecule has 0 radical (unpaired) electrons. The molecule has 5 nitrogen and oxygen atoms in total. The topological polar surface area (TPSA) is 79.3 Å². The number of fused-ring (bicyclic) bond motifs is 2. The quantitative estimate of drug-likeness (QED) is 0.834. The third-order valence-corrected chi connectivity index (χ3v) is 4.49. The average Bonchev–Trinajstić information content (AvgIpc) is 3.08. The van der Waals surface area contributed by atoms with Gasteiger partial charge in [-0.2, -0.15) is 0 Å². The summed E-state index contributed by atoms with van der Waals surface area (Å²) in [7, 11) is 0. The van der Waals surface area contributed by atoms with Crippen LogP contribution < -0.4 is 5.32 Å². The van der Waals surface area contributed by atoms with Crippen molar-refractivity contribution < 1.29 is 14.7 Å². The standard InChI is InChI=1S/C16H18N2O3/c19-15(20)7-6-12-2-1-3-14(17-12)18-16(21)13-9-10-4-5-11(13)8-10/h1-3,6-7,10-11,13H,4-5,8-9H2,(H,19,20)(H,17,18,21). The van der Waals surface area contributed by atoms with Crippen LogP contribution in [0.4, 0.5) is 5.82 Å². The van der Waals surface area contributed by atoms with Crippen LogP contribution in [0.25, 0.3) is 6.08 Å². The maximum Gasteiger partial charge on any atom is 0.328 e. The van der Waals surface area contributed by atoms with Gasteiger partial charge in [-0.3, -0.25) is 4.79 Å². The Morgan fingerprint density at radius 2 is 2.14 bits per heavy atom. The zero-order valence-electron chi connectivity index (χ0n) is 11.7. The molecule has 2 fully saturated rings. The molecule has 5 heteroatoms. The smallest absolute Gasteiger partial charge is 0.328 e. The molecule has 2 aliphatic carbocycles. The maximum absolute atomic E-state index is 12.3. The normalized spacial score (nSPS) is 27.1. The number of carbonyl (C=O) groups is 2. The summed E-state index contributed by atoms with van der Waals surface area (Å²) < 4.78 is 0. The van der Waals surface area contributed by atoms with E-state index in [1.165, 1.54) is 18.9 Å². The van der Waals surface area contributed by atoms with Crippen LogP contribution in [0.15, 0.2) is 24.3 Å². The number of carboxylic acids is 1. The molecule has 0 spiro atoms. The van der Waals surface area contributed by atoms with E-state index in [2.05, 4.69) is 10.3 Å². The Labute approximate surface area is 123 Å². The number of rotatable bonds is 4. The number of aliphatic carboxylic acids is 1. The van der Waals surface area contributed by atoms with Crippen LogP contribution in [-0.4, -0.2) is 22.0 Å². The Morgan fingerprint density at radius 3 is 2.81 bits per heavy atom. The van der Waals surface area contributed by atoms with E-state index >= 15 is 0 Å². The maximum atomic E-state index is 12.3. The first-order chi connectivity index (χ1) is 10.1. The molecular weight excluding hydrogens is 268 g/mol. The molecular formula is C16H18N2O3. The first-order valence-corrected chi connectivity index (χ1v) is 7.31. The molecule has 1 heterocycles. The van der Waals surface area contributed by atoms with Crippen LogP contribution in [0.5, 0.6) is 0 Å². The van der Waals surface area contributed by atoms with Crippen molar-refractivity contribution in [3.63, 3.8) is 0 Å². The van der Waals surface area contributed by atoms with E-state index in [1.54, 1.807) is 18.2 Å². The van der Waals surface area contributed by atoms with Crippen LogP contribution in [0.1, 0.15) is 31.4 Å². The van der Waals surface area contributed by atoms with Crippen molar-refractivity contribution >= 4 is 23.8 Å². The number of nitrogens with zero attached hydrogens (tertiary/aromatic N) is 1. The lowest BCUT2D eigenvalue weighted by molar-refractivity contribution is -0.131. The van der Waals surface area contributed by atoms with Crippen molar-refractivity contribution in [3.8, 4) is 0 Å². The van der Waals surface area contributed by atoms with Gasteiger partial charge in [0.25, 0.3) is 0 Å². The highest BCUT2D eigenvalue weighted by Crippen LogP contribution is 2.48. The number of hydrogen-bond acceptors (Lipinski definition) is 3. The van der Waals surface area contributed by atoms with Crippen molar-refractivity contribution in [2.45, 2.75) is 25.7 Å². The van der Waals surface area contributed by atoms with E-state index in [9.17, 15) is 9.59 Å². The Bertz CT molecular complexity index is 597. The minimum atomic E-state index is -1.02. The third-order valence-electron chi connectivity index (χ3n) is 4.49. The molecule has 0 saturated heterocycles. The number of nitrogens with one attached hydrogen (secondary N) is 1. The van der Waals surface area contributed by atoms with Crippen LogP contribution >= 0.6 is 0 Å². The fourth-order valence-electron chi connectivity index (χ4n) is 3.56. The van der Waals surface area contributed by atoms with Gasteiger partial charge < -0.3 is 10.4 Å². The van der Waals surface area contributed by atoms with Gasteiger partial charge in [0, 0.05) is 12.0 Å². The van der Waals surface area contributed by atoms with E-state index in [1.807, 2.05) is 0 Å². The lowest BCUT2D eigenvalue weighted by Gasteiger charge is -2.20. The fraction of sp³-hybridized carbons (Fsp3) is 0.438. The third kappa shape index (κ3) is 3.12. The summed E-state index contributed by atoms with van der Waals surface area (Å²) in [6, 6.07) is 5.18. The molecule has 3 rings (SSSR count). The van der Waals surface area contributed by atoms with Gasteiger partial charge in [-0.1, -0.05) is 12.5 Å². The molecule has 2 saturated carbocycles. The Kier molecular flexibility index (Phi) is 3.73. The molecule has 1 aromatic rings. The monoisotopic (exact) mass is 286 g/mol. The molecule has 110 valence electrons. The second-order valence-electron chi connectivity index (χ2n) is 5.89. The Hall–Kier alpha value is -2.17. The van der Waals surface area contributed by atoms with E-state index in [-0.39, 0.29) is 11.8 Å². The average molecular weight is 286 g/mol. The van der Waals surface area contributed by atoms with Crippen LogP contribution in [0.2, 0.25) is 0 Å². The molecule has 3 unspecified atom stereocenters. The summed E-state index contributed by atoms with van der Waals surface area (Å²) in [6.45, 7) is 0. The second kappa shape index (κ2) is 5.68. The van der Waals surface area contributed by atoms with E-state index in [0.717, 1.165) is 24.8 Å². The van der Waals surface area contributed by atoms with Crippen molar-refractivity contribution in [1.29, 1.82) is 0 Å². The molecule has 1 aromatic heterocycles. The fourth-order valence-corrected chi connectivity index (χ4v) is 3.56. The summed E-state index contributed by atoms with van der Waals surface area (Å²) in [6.07, 6.45) is 7.06. The number of amides is 1. The molecule has 21 heavy (non-hydrogen) atoms. The highest BCUT2D eigenvalue weighted by molar-refractivity contribution is 5.92. The van der Waals surface area contributed by atoms with Gasteiger partial charge in [0.15, 0.2) is 0 Å². The van der Waals surface area contributed by atoms with Crippen LogP contribution in [0.3, 0.4) is 0 Å². The number of carbonyl (C=O) groups excluding carboxylic acids is 1. The summed E-state index contributed by atoms with van der Waals surface area (Å²) in [5.74, 6) is 0.884. The zero-order valence-corrected chi connectivity index (χ0v) is 11.7. The van der Waals surface area contributed by atoms with E-state index < -0.39 is 5.97 Å². The number of pyridine rings is 1. The van der Waals surface area contributed by atoms with Gasteiger partial charge in [0.05, 0.1) is 5.69 Å². The van der Waals surface area contributed by atoms with Crippen molar-refractivity contribution in [1.82, 2.24) is 4.98 Å². The van der Waals surface area contributed by atoms with Crippen LogP contribution in [0, 0.1) is 17.8 Å². The summed E-state index contributed by atoms with van der Waals surface area (Å²) in [5, 5.41) is 11.5. The first kappa shape index (κ1) is 13.8. The van der Waals surface area contributed by atoms with Gasteiger partial charge in [-0.05, 0) is 49.3 Å². The van der Waals surface area contributed by atoms with E-state index in [4.69, 9.17) is 5.11 Å². The van der Waals surface area contributed by atoms with Gasteiger partial charge in [-0.15, -0.1) is 0 Å². The van der Waals surface area contributed by atoms with Crippen molar-refractivity contribution in [2.24, 2.45) is 17.8 Å². The molecule has 0 aromatic carbocycles. The highest BCUT2D eigenvalue weighted by Gasteiger charge is 2.43. The molecule has 1 amide bonds. The number of carboxylic acid groups (broad SMARTS) is 1.